The smallest absolute Gasteiger partial charge is 0.263 e. The van der Waals surface area contributed by atoms with Crippen LogP contribution in [0.3, 0.4) is 0 Å². The molecule has 0 bridgehead atoms. The predicted molar refractivity (Wildman–Crippen MR) is 119 cm³/mol. The second kappa shape index (κ2) is 9.43. The topological polar surface area (TPSA) is 121 Å². The third kappa shape index (κ3) is 5.00. The maximum absolute atomic E-state index is 12.8. The van der Waals surface area contributed by atoms with Crippen LogP contribution in [0.15, 0.2) is 88.6 Å². The van der Waals surface area contributed by atoms with Gasteiger partial charge in [0.05, 0.1) is 29.3 Å². The van der Waals surface area contributed by atoms with Gasteiger partial charge in [-0.25, -0.2) is 13.4 Å². The van der Waals surface area contributed by atoms with E-state index in [2.05, 4.69) is 20.0 Å². The van der Waals surface area contributed by atoms with Crippen LogP contribution in [0, 0.1) is 11.3 Å². The second-order valence-electron chi connectivity index (χ2n) is 6.88. The van der Waals surface area contributed by atoms with Gasteiger partial charge in [-0.2, -0.15) is 5.26 Å². The van der Waals surface area contributed by atoms with Crippen LogP contribution < -0.4 is 10.0 Å². The van der Waals surface area contributed by atoms with Crippen molar-refractivity contribution in [2.24, 2.45) is 0 Å². The van der Waals surface area contributed by atoms with Crippen molar-refractivity contribution in [2.45, 2.75) is 18.0 Å². The highest BCUT2D eigenvalue weighted by Gasteiger charge is 2.18. The molecule has 0 saturated heterocycles. The van der Waals surface area contributed by atoms with Gasteiger partial charge in [-0.05, 0) is 42.0 Å². The lowest BCUT2D eigenvalue weighted by molar-refractivity contribution is 0.483. The van der Waals surface area contributed by atoms with Crippen LogP contribution in [0.25, 0.3) is 11.3 Å². The Hall–Kier alpha value is -4.00. The minimum atomic E-state index is -3.89. The minimum Gasteiger partial charge on any atom is -0.468 e. The third-order valence-electron chi connectivity index (χ3n) is 4.66. The van der Waals surface area contributed by atoms with Gasteiger partial charge >= 0.3 is 0 Å². The summed E-state index contributed by atoms with van der Waals surface area (Å²) in [7, 11) is -3.89. The van der Waals surface area contributed by atoms with Gasteiger partial charge in [0.25, 0.3) is 10.0 Å². The molecule has 0 aliphatic heterocycles. The summed E-state index contributed by atoms with van der Waals surface area (Å²) in [5.74, 6) is 0.987. The molecule has 0 atom stereocenters. The molecule has 8 nitrogen and oxygen atoms in total. The first kappa shape index (κ1) is 21.2. The third-order valence-corrected chi connectivity index (χ3v) is 6.01. The lowest BCUT2D eigenvalue weighted by atomic mass is 10.1. The number of nitrogens with one attached hydrogen (secondary N) is 2. The summed E-state index contributed by atoms with van der Waals surface area (Å²) in [5, 5.41) is 12.2. The number of furan rings is 1. The van der Waals surface area contributed by atoms with Crippen LogP contribution in [0.4, 0.5) is 5.82 Å². The maximum Gasteiger partial charge on any atom is 0.263 e. The highest BCUT2D eigenvalue weighted by Crippen LogP contribution is 2.26. The monoisotopic (exact) mass is 445 g/mol. The predicted octanol–water partition coefficient (Wildman–Crippen LogP) is 3.70. The fourth-order valence-corrected chi connectivity index (χ4v) is 4.06. The van der Waals surface area contributed by atoms with Crippen LogP contribution in [0.1, 0.15) is 16.9 Å². The maximum atomic E-state index is 12.8. The molecular weight excluding hydrogens is 426 g/mol. The first-order valence-electron chi connectivity index (χ1n) is 9.71. The summed E-state index contributed by atoms with van der Waals surface area (Å²) < 4.78 is 33.3. The zero-order chi connectivity index (χ0) is 22.4. The molecule has 0 spiro atoms. The van der Waals surface area contributed by atoms with Crippen LogP contribution in [-0.2, 0) is 23.1 Å². The van der Waals surface area contributed by atoms with E-state index in [9.17, 15) is 8.42 Å². The number of nitrogens with zero attached hydrogens (tertiary/aromatic N) is 3. The SMILES string of the molecule is N#Cc1ccc(S(=O)(=O)Nc2nccnc2-c2ccc(CNCc3ccco3)cc2)cc1. The zero-order valence-electron chi connectivity index (χ0n) is 16.9. The molecule has 160 valence electrons. The molecule has 0 radical (unpaired) electrons. The Labute approximate surface area is 185 Å². The van der Waals surface area contributed by atoms with E-state index in [-0.39, 0.29) is 10.7 Å². The lowest BCUT2D eigenvalue weighted by Crippen LogP contribution is -2.15. The van der Waals surface area contributed by atoms with Crippen molar-refractivity contribution < 1.29 is 12.8 Å². The average Bonchev–Trinajstić information content (AvgIpc) is 3.33. The van der Waals surface area contributed by atoms with Crippen molar-refractivity contribution in [1.82, 2.24) is 15.3 Å². The van der Waals surface area contributed by atoms with E-state index in [4.69, 9.17) is 9.68 Å². The summed E-state index contributed by atoms with van der Waals surface area (Å²) >= 11 is 0. The Morgan fingerprint density at radius 2 is 1.69 bits per heavy atom. The summed E-state index contributed by atoms with van der Waals surface area (Å²) in [6, 6.07) is 19.0. The normalized spacial score (nSPS) is 11.1. The number of hydrogen-bond acceptors (Lipinski definition) is 7. The molecule has 0 unspecified atom stereocenters. The number of nitriles is 1. The standard InChI is InChI=1S/C23H19N5O3S/c24-14-17-5-9-21(10-6-17)32(29,30)28-23-22(26-11-12-27-23)19-7-3-18(4-8-19)15-25-16-20-2-1-13-31-20/h1-13,25H,15-16H2,(H,27,28). The Balaban J connectivity index is 1.49. The van der Waals surface area contributed by atoms with E-state index in [1.807, 2.05) is 42.5 Å². The van der Waals surface area contributed by atoms with Crippen LogP contribution in [0.2, 0.25) is 0 Å². The molecule has 2 heterocycles. The van der Waals surface area contributed by atoms with Crippen molar-refractivity contribution in [3.8, 4) is 17.3 Å². The largest absolute Gasteiger partial charge is 0.468 e. The van der Waals surface area contributed by atoms with Gasteiger partial charge in [0.2, 0.25) is 0 Å². The van der Waals surface area contributed by atoms with E-state index in [0.29, 0.717) is 24.3 Å². The molecule has 0 amide bonds. The van der Waals surface area contributed by atoms with Gasteiger partial charge in [0.15, 0.2) is 5.82 Å². The molecule has 0 saturated carbocycles. The molecule has 4 aromatic rings. The van der Waals surface area contributed by atoms with E-state index in [1.54, 1.807) is 6.26 Å². The minimum absolute atomic E-state index is 0.0334. The van der Waals surface area contributed by atoms with E-state index >= 15 is 0 Å². The molecular formula is C23H19N5O3S. The summed E-state index contributed by atoms with van der Waals surface area (Å²) in [4.78, 5) is 8.52. The lowest BCUT2D eigenvalue weighted by Gasteiger charge is -2.11. The van der Waals surface area contributed by atoms with Crippen molar-refractivity contribution in [1.29, 1.82) is 5.26 Å². The quantitative estimate of drug-likeness (QED) is 0.424. The zero-order valence-corrected chi connectivity index (χ0v) is 17.7. The molecule has 32 heavy (non-hydrogen) atoms. The Morgan fingerprint density at radius 1 is 0.938 bits per heavy atom. The number of rotatable bonds is 8. The molecule has 2 aromatic carbocycles. The van der Waals surface area contributed by atoms with E-state index in [0.717, 1.165) is 16.9 Å². The number of sulfonamides is 1. The number of hydrogen-bond donors (Lipinski definition) is 2. The van der Waals surface area contributed by atoms with Crippen LogP contribution in [0.5, 0.6) is 0 Å². The average molecular weight is 446 g/mol. The number of anilines is 1. The van der Waals surface area contributed by atoms with Gasteiger partial charge in [-0.1, -0.05) is 24.3 Å². The summed E-state index contributed by atoms with van der Waals surface area (Å²) in [6.07, 6.45) is 4.57. The highest BCUT2D eigenvalue weighted by atomic mass is 32.2. The van der Waals surface area contributed by atoms with Crippen molar-refractivity contribution in [3.63, 3.8) is 0 Å². The summed E-state index contributed by atoms with van der Waals surface area (Å²) in [5.41, 5.74) is 2.58. The Morgan fingerprint density at radius 3 is 2.38 bits per heavy atom. The van der Waals surface area contributed by atoms with Gasteiger partial charge in [-0.3, -0.25) is 9.71 Å². The summed E-state index contributed by atoms with van der Waals surface area (Å²) in [6.45, 7) is 1.28. The fraction of sp³-hybridized carbons (Fsp3) is 0.0870. The van der Waals surface area contributed by atoms with Gasteiger partial charge in [-0.15, -0.1) is 0 Å². The fourth-order valence-electron chi connectivity index (χ4n) is 3.04. The van der Waals surface area contributed by atoms with Crippen molar-refractivity contribution >= 4 is 15.8 Å². The Bertz CT molecular complexity index is 1330. The number of aromatic nitrogens is 2. The molecule has 0 aliphatic rings. The van der Waals surface area contributed by atoms with Gasteiger partial charge in [0, 0.05) is 24.5 Å². The molecule has 0 aliphatic carbocycles. The first-order valence-corrected chi connectivity index (χ1v) is 11.2. The van der Waals surface area contributed by atoms with Crippen molar-refractivity contribution in [2.75, 3.05) is 4.72 Å². The van der Waals surface area contributed by atoms with Crippen LogP contribution in [-0.4, -0.2) is 18.4 Å². The van der Waals surface area contributed by atoms with E-state index < -0.39 is 10.0 Å². The van der Waals surface area contributed by atoms with Crippen molar-refractivity contribution in [3.05, 3.63) is 96.2 Å². The first-order chi connectivity index (χ1) is 15.5. The van der Waals surface area contributed by atoms with Crippen LogP contribution >= 0.6 is 0 Å². The molecule has 9 heteroatoms. The van der Waals surface area contributed by atoms with Gasteiger partial charge < -0.3 is 9.73 Å². The Kier molecular flexibility index (Phi) is 6.26. The second-order valence-corrected chi connectivity index (χ2v) is 8.56. The number of benzene rings is 2. The van der Waals surface area contributed by atoms with E-state index in [1.165, 1.54) is 36.7 Å². The molecule has 4 rings (SSSR count). The molecule has 0 fully saturated rings. The highest BCUT2D eigenvalue weighted by molar-refractivity contribution is 7.92. The molecule has 2 aromatic heterocycles. The van der Waals surface area contributed by atoms with Gasteiger partial charge in [0.1, 0.15) is 11.5 Å². The molecule has 2 N–H and O–H groups in total.